The highest BCUT2D eigenvalue weighted by molar-refractivity contribution is 6.30. The van der Waals surface area contributed by atoms with Crippen LogP contribution in [-0.2, 0) is 9.59 Å². The van der Waals surface area contributed by atoms with E-state index in [1.54, 1.807) is 24.3 Å². The van der Waals surface area contributed by atoms with Crippen molar-refractivity contribution in [3.63, 3.8) is 0 Å². The first kappa shape index (κ1) is 14.6. The maximum absolute atomic E-state index is 11.9. The summed E-state index contributed by atoms with van der Waals surface area (Å²) in [6, 6.07) is 7.15. The van der Waals surface area contributed by atoms with Gasteiger partial charge < -0.3 is 10.4 Å². The minimum Gasteiger partial charge on any atom is -0.481 e. The number of carboxylic acids is 1. The highest BCUT2D eigenvalue weighted by Gasteiger charge is 2.39. The van der Waals surface area contributed by atoms with Gasteiger partial charge in [0.25, 0.3) is 0 Å². The zero-order chi connectivity index (χ0) is 14.6. The lowest BCUT2D eigenvalue weighted by atomic mass is 9.74. The Bertz CT molecular complexity index is 550. The predicted octanol–water partition coefficient (Wildman–Crippen LogP) is 2.87. The Kier molecular flexibility index (Phi) is 4.45. The molecule has 2 rings (SSSR count). The summed E-state index contributed by atoms with van der Waals surface area (Å²) >= 11 is 5.86. The third-order valence-electron chi connectivity index (χ3n) is 3.46. The summed E-state index contributed by atoms with van der Waals surface area (Å²) in [5.41, 5.74) is 0.259. The molecular weight excluding hydrogens is 278 g/mol. The summed E-state index contributed by atoms with van der Waals surface area (Å²) in [7, 11) is 0. The maximum atomic E-state index is 11.9. The number of hydrogen-bond donors (Lipinski definition) is 2. The number of rotatable bonds is 5. The molecule has 1 saturated carbocycles. The van der Waals surface area contributed by atoms with Gasteiger partial charge in [-0.1, -0.05) is 23.7 Å². The van der Waals surface area contributed by atoms with Gasteiger partial charge in [0, 0.05) is 11.1 Å². The molecule has 1 aliphatic rings. The van der Waals surface area contributed by atoms with Gasteiger partial charge in [-0.15, -0.1) is 0 Å². The van der Waals surface area contributed by atoms with Gasteiger partial charge in [-0.2, -0.15) is 0 Å². The summed E-state index contributed by atoms with van der Waals surface area (Å²) in [5, 5.41) is 12.3. The Hall–Kier alpha value is -1.81. The number of halogens is 1. The number of nitrogens with one attached hydrogen (secondary N) is 1. The average Bonchev–Trinajstić information content (AvgIpc) is 2.33. The predicted molar refractivity (Wildman–Crippen MR) is 77.5 cm³/mol. The SMILES string of the molecule is O=C(O)CC1(NC(=O)C=Cc2cccc(Cl)c2)CCC1. The monoisotopic (exact) mass is 293 g/mol. The molecule has 1 amide bonds. The minimum atomic E-state index is -0.885. The van der Waals surface area contributed by atoms with E-state index in [0.717, 1.165) is 24.8 Å². The van der Waals surface area contributed by atoms with E-state index in [4.69, 9.17) is 16.7 Å². The van der Waals surface area contributed by atoms with Gasteiger partial charge >= 0.3 is 5.97 Å². The summed E-state index contributed by atoms with van der Waals surface area (Å²) in [4.78, 5) is 22.7. The fraction of sp³-hybridized carbons (Fsp3) is 0.333. The molecule has 0 bridgehead atoms. The molecule has 0 saturated heterocycles. The van der Waals surface area contributed by atoms with Gasteiger partial charge in [-0.25, -0.2) is 0 Å². The van der Waals surface area contributed by atoms with Crippen LogP contribution in [0.1, 0.15) is 31.2 Å². The van der Waals surface area contributed by atoms with E-state index in [1.807, 2.05) is 6.07 Å². The standard InChI is InChI=1S/C15H16ClNO3/c16-12-4-1-3-11(9-12)5-6-13(18)17-15(7-2-8-15)10-14(19)20/h1,3-6,9H,2,7-8,10H2,(H,17,18)(H,19,20). The van der Waals surface area contributed by atoms with Crippen LogP contribution in [0.2, 0.25) is 5.02 Å². The molecule has 1 aliphatic carbocycles. The molecule has 20 heavy (non-hydrogen) atoms. The van der Waals surface area contributed by atoms with Crippen LogP contribution in [0.4, 0.5) is 0 Å². The molecule has 106 valence electrons. The topological polar surface area (TPSA) is 66.4 Å². The molecule has 1 fully saturated rings. The number of aliphatic carboxylic acids is 1. The Morgan fingerprint density at radius 1 is 1.40 bits per heavy atom. The second-order valence-electron chi connectivity index (χ2n) is 5.08. The molecule has 4 nitrogen and oxygen atoms in total. The van der Waals surface area contributed by atoms with Crippen molar-refractivity contribution in [3.8, 4) is 0 Å². The third kappa shape index (κ3) is 3.84. The smallest absolute Gasteiger partial charge is 0.305 e. The number of carboxylic acid groups (broad SMARTS) is 1. The maximum Gasteiger partial charge on any atom is 0.305 e. The molecule has 1 aromatic carbocycles. The molecule has 0 heterocycles. The first-order valence-electron chi connectivity index (χ1n) is 6.47. The zero-order valence-electron chi connectivity index (χ0n) is 10.9. The highest BCUT2D eigenvalue weighted by Crippen LogP contribution is 2.34. The van der Waals surface area contributed by atoms with Gasteiger partial charge in [0.2, 0.25) is 5.91 Å². The van der Waals surface area contributed by atoms with Crippen LogP contribution < -0.4 is 5.32 Å². The normalized spacial score (nSPS) is 16.6. The molecular formula is C15H16ClNO3. The van der Waals surface area contributed by atoms with Crippen molar-refractivity contribution in [1.82, 2.24) is 5.32 Å². The Morgan fingerprint density at radius 2 is 2.15 bits per heavy atom. The lowest BCUT2D eigenvalue weighted by Gasteiger charge is -2.41. The van der Waals surface area contributed by atoms with E-state index in [1.165, 1.54) is 6.08 Å². The molecule has 0 atom stereocenters. The molecule has 0 aromatic heterocycles. The van der Waals surface area contributed by atoms with Crippen molar-refractivity contribution in [1.29, 1.82) is 0 Å². The van der Waals surface area contributed by atoms with Gasteiger partial charge in [0.1, 0.15) is 0 Å². The highest BCUT2D eigenvalue weighted by atomic mass is 35.5. The van der Waals surface area contributed by atoms with Gasteiger partial charge in [0.15, 0.2) is 0 Å². The van der Waals surface area contributed by atoms with E-state index in [0.29, 0.717) is 5.02 Å². The van der Waals surface area contributed by atoms with E-state index in [2.05, 4.69) is 5.32 Å². The van der Waals surface area contributed by atoms with Crippen molar-refractivity contribution >= 4 is 29.6 Å². The largest absolute Gasteiger partial charge is 0.481 e. The Labute approximate surface area is 122 Å². The van der Waals surface area contributed by atoms with Crippen molar-refractivity contribution in [3.05, 3.63) is 40.9 Å². The van der Waals surface area contributed by atoms with Crippen LogP contribution in [0.25, 0.3) is 6.08 Å². The molecule has 1 aromatic rings. The number of amides is 1. The van der Waals surface area contributed by atoms with E-state index in [9.17, 15) is 9.59 Å². The molecule has 5 heteroatoms. The second-order valence-corrected chi connectivity index (χ2v) is 5.52. The van der Waals surface area contributed by atoms with E-state index < -0.39 is 11.5 Å². The summed E-state index contributed by atoms with van der Waals surface area (Å²) in [6.07, 6.45) is 5.43. The van der Waals surface area contributed by atoms with Gasteiger partial charge in [-0.3, -0.25) is 9.59 Å². The summed E-state index contributed by atoms with van der Waals surface area (Å²) in [6.45, 7) is 0. The van der Waals surface area contributed by atoms with E-state index >= 15 is 0 Å². The number of hydrogen-bond acceptors (Lipinski definition) is 2. The Balaban J connectivity index is 1.96. The van der Waals surface area contributed by atoms with Crippen molar-refractivity contribution in [2.75, 3.05) is 0 Å². The summed E-state index contributed by atoms with van der Waals surface area (Å²) < 4.78 is 0. The fourth-order valence-corrected chi connectivity index (χ4v) is 2.52. The average molecular weight is 294 g/mol. The fourth-order valence-electron chi connectivity index (χ4n) is 2.32. The number of benzene rings is 1. The second kappa shape index (κ2) is 6.09. The van der Waals surface area contributed by atoms with E-state index in [-0.39, 0.29) is 12.3 Å². The van der Waals surface area contributed by atoms with Crippen LogP contribution in [0, 0.1) is 0 Å². The molecule has 0 radical (unpaired) electrons. The quantitative estimate of drug-likeness (QED) is 0.820. The van der Waals surface area contributed by atoms with Crippen molar-refractivity contribution in [2.24, 2.45) is 0 Å². The lowest BCUT2D eigenvalue weighted by Crippen LogP contribution is -2.54. The van der Waals surface area contributed by atoms with Gasteiger partial charge in [0.05, 0.1) is 12.0 Å². The van der Waals surface area contributed by atoms with Crippen molar-refractivity contribution < 1.29 is 14.7 Å². The summed E-state index contributed by atoms with van der Waals surface area (Å²) in [5.74, 6) is -1.16. The van der Waals surface area contributed by atoms with Gasteiger partial charge in [-0.05, 0) is 43.0 Å². The number of carbonyl (C=O) groups is 2. The lowest BCUT2D eigenvalue weighted by molar-refractivity contribution is -0.140. The third-order valence-corrected chi connectivity index (χ3v) is 3.70. The minimum absolute atomic E-state index is 0.0241. The van der Waals surface area contributed by atoms with Crippen LogP contribution in [-0.4, -0.2) is 22.5 Å². The first-order chi connectivity index (χ1) is 9.49. The van der Waals surface area contributed by atoms with Crippen LogP contribution in [0.3, 0.4) is 0 Å². The molecule has 0 unspecified atom stereocenters. The molecule has 0 spiro atoms. The zero-order valence-corrected chi connectivity index (χ0v) is 11.7. The van der Waals surface area contributed by atoms with Crippen LogP contribution in [0.5, 0.6) is 0 Å². The van der Waals surface area contributed by atoms with Crippen LogP contribution >= 0.6 is 11.6 Å². The molecule has 0 aliphatic heterocycles. The van der Waals surface area contributed by atoms with Crippen molar-refractivity contribution in [2.45, 2.75) is 31.2 Å². The Morgan fingerprint density at radius 3 is 2.70 bits per heavy atom. The first-order valence-corrected chi connectivity index (χ1v) is 6.85. The molecule has 2 N–H and O–H groups in total. The van der Waals surface area contributed by atoms with Crippen LogP contribution in [0.15, 0.2) is 30.3 Å². The number of carbonyl (C=O) groups excluding carboxylic acids is 1.